The van der Waals surface area contributed by atoms with Gasteiger partial charge in [0.2, 0.25) is 0 Å². The van der Waals surface area contributed by atoms with Crippen molar-refractivity contribution in [1.29, 1.82) is 0 Å². The van der Waals surface area contributed by atoms with Crippen LogP contribution in [0.1, 0.15) is 39.3 Å². The Morgan fingerprint density at radius 3 is 2.53 bits per heavy atom. The molecule has 1 N–H and O–H groups in total. The number of ketones is 1. The van der Waals surface area contributed by atoms with E-state index in [2.05, 4.69) is 19.9 Å². The van der Waals surface area contributed by atoms with Crippen LogP contribution in [0, 0.1) is 6.92 Å². The highest BCUT2D eigenvalue weighted by Crippen LogP contribution is 2.34. The van der Waals surface area contributed by atoms with Gasteiger partial charge in [-0.1, -0.05) is 36.4 Å². The summed E-state index contributed by atoms with van der Waals surface area (Å²) in [6.07, 6.45) is 6.86. The van der Waals surface area contributed by atoms with Crippen LogP contribution in [-0.4, -0.2) is 38.9 Å². The summed E-state index contributed by atoms with van der Waals surface area (Å²) in [5, 5.41) is 11.9. The fourth-order valence-corrected chi connectivity index (χ4v) is 5.38. The molecule has 0 bridgehead atoms. The zero-order valence-corrected chi connectivity index (χ0v) is 19.8. The molecule has 3 aromatic heterocycles. The molecule has 0 atom stereocenters. The van der Waals surface area contributed by atoms with E-state index in [1.807, 2.05) is 61.5 Å². The minimum Gasteiger partial charge on any atom is -0.385 e. The Hall–Kier alpha value is -3.42. The number of carbonyl (C=O) groups excluding carboxylic acids is 1. The minimum atomic E-state index is -0.786. The summed E-state index contributed by atoms with van der Waals surface area (Å²) < 4.78 is 0. The molecule has 0 radical (unpaired) electrons. The molecule has 0 unspecified atom stereocenters. The van der Waals surface area contributed by atoms with Crippen molar-refractivity contribution in [2.75, 3.05) is 18.0 Å². The van der Waals surface area contributed by atoms with Crippen LogP contribution < -0.4 is 4.90 Å². The Bertz CT molecular complexity index is 1270. The number of anilines is 1. The number of Topliss-reactive ketones (excluding diaryl/α,β-unsaturated/α-hetero) is 1. The largest absolute Gasteiger partial charge is 0.385 e. The van der Waals surface area contributed by atoms with Crippen LogP contribution in [0.15, 0.2) is 73.2 Å². The van der Waals surface area contributed by atoms with Gasteiger partial charge >= 0.3 is 0 Å². The van der Waals surface area contributed by atoms with Gasteiger partial charge in [-0.15, -0.1) is 11.3 Å². The zero-order valence-electron chi connectivity index (χ0n) is 19.0. The van der Waals surface area contributed by atoms with Gasteiger partial charge in [0, 0.05) is 43.7 Å². The predicted octanol–water partition coefficient (Wildman–Crippen LogP) is 4.82. The summed E-state index contributed by atoms with van der Waals surface area (Å²) in [4.78, 5) is 29.2. The van der Waals surface area contributed by atoms with Crippen LogP contribution in [0.3, 0.4) is 0 Å². The lowest BCUT2D eigenvalue weighted by Crippen LogP contribution is -2.42. The maximum atomic E-state index is 13.0. The van der Waals surface area contributed by atoms with Gasteiger partial charge in [-0.2, -0.15) is 0 Å². The van der Waals surface area contributed by atoms with E-state index in [9.17, 15) is 9.90 Å². The average Bonchev–Trinajstić information content (AvgIpc) is 3.28. The average molecular weight is 471 g/mol. The molecule has 4 heterocycles. The lowest BCUT2D eigenvalue weighted by molar-refractivity contribution is 0.0116. The van der Waals surface area contributed by atoms with Crippen molar-refractivity contribution in [2.45, 2.75) is 31.8 Å². The third kappa shape index (κ3) is 4.62. The quantitative estimate of drug-likeness (QED) is 0.407. The number of hydrogen-bond acceptors (Lipinski definition) is 7. The molecule has 6 nitrogen and oxygen atoms in total. The number of aliphatic hydroxyl groups is 1. The van der Waals surface area contributed by atoms with E-state index in [0.29, 0.717) is 17.7 Å². The SMILES string of the molecule is Cc1nc(-c2cccnc2)sc1C(=O)Cc1ccc(N2CCC(O)(c3ccccc3)CC2)nc1. The Balaban J connectivity index is 1.22. The maximum Gasteiger partial charge on any atom is 0.179 e. The molecule has 1 aliphatic rings. The second-order valence-electron chi connectivity index (χ2n) is 8.68. The number of pyridine rings is 2. The molecule has 7 heteroatoms. The number of carbonyl (C=O) groups is 1. The highest BCUT2D eigenvalue weighted by Gasteiger charge is 2.34. The smallest absolute Gasteiger partial charge is 0.179 e. The van der Waals surface area contributed by atoms with Crippen LogP contribution in [0.25, 0.3) is 10.6 Å². The first kappa shape index (κ1) is 22.4. The lowest BCUT2D eigenvalue weighted by Gasteiger charge is -2.39. The van der Waals surface area contributed by atoms with Gasteiger partial charge in [0.05, 0.1) is 16.2 Å². The number of nitrogens with zero attached hydrogens (tertiary/aromatic N) is 4. The third-order valence-corrected chi connectivity index (χ3v) is 7.61. The summed E-state index contributed by atoms with van der Waals surface area (Å²) in [5.74, 6) is 0.921. The standard InChI is InChI=1S/C27H26N4O2S/c1-19-25(34-26(30-19)21-6-5-13-28-18-21)23(32)16-20-9-10-24(29-17-20)31-14-11-27(33,12-15-31)22-7-3-2-4-8-22/h2-10,13,17-18,33H,11-12,14-16H2,1H3. The first-order valence-corrected chi connectivity index (χ1v) is 12.2. The first-order valence-electron chi connectivity index (χ1n) is 11.4. The van der Waals surface area contributed by atoms with Gasteiger partial charge in [-0.3, -0.25) is 9.78 Å². The van der Waals surface area contributed by atoms with Crippen molar-refractivity contribution in [2.24, 2.45) is 0 Å². The molecular formula is C27H26N4O2S. The fraction of sp³-hybridized carbons (Fsp3) is 0.259. The Kier molecular flexibility index (Phi) is 6.22. The molecule has 1 aromatic carbocycles. The number of piperidine rings is 1. The van der Waals surface area contributed by atoms with Gasteiger partial charge in [-0.05, 0) is 49.1 Å². The summed E-state index contributed by atoms with van der Waals surface area (Å²) in [5.41, 5.74) is 2.73. The summed E-state index contributed by atoms with van der Waals surface area (Å²) >= 11 is 1.41. The van der Waals surface area contributed by atoms with E-state index in [1.54, 1.807) is 18.6 Å². The van der Waals surface area contributed by atoms with Gasteiger partial charge in [0.15, 0.2) is 5.78 Å². The van der Waals surface area contributed by atoms with E-state index < -0.39 is 5.60 Å². The molecular weight excluding hydrogens is 444 g/mol. The molecule has 1 fully saturated rings. The van der Waals surface area contributed by atoms with Crippen molar-refractivity contribution in [1.82, 2.24) is 15.0 Å². The topological polar surface area (TPSA) is 79.2 Å². The van der Waals surface area contributed by atoms with Gasteiger partial charge in [0.25, 0.3) is 0 Å². The van der Waals surface area contributed by atoms with Crippen LogP contribution >= 0.6 is 11.3 Å². The molecule has 1 saturated heterocycles. The summed E-state index contributed by atoms with van der Waals surface area (Å²) in [6, 6.07) is 17.6. The zero-order chi connectivity index (χ0) is 23.5. The van der Waals surface area contributed by atoms with E-state index in [-0.39, 0.29) is 12.2 Å². The van der Waals surface area contributed by atoms with Gasteiger partial charge < -0.3 is 10.0 Å². The predicted molar refractivity (Wildman–Crippen MR) is 134 cm³/mol. The molecule has 0 spiro atoms. The second-order valence-corrected chi connectivity index (χ2v) is 9.68. The van der Waals surface area contributed by atoms with Crippen LogP contribution in [0.5, 0.6) is 0 Å². The Labute approximate surface area is 203 Å². The van der Waals surface area contributed by atoms with Gasteiger partial charge in [-0.25, -0.2) is 9.97 Å². The number of aryl methyl sites for hydroxylation is 1. The van der Waals surface area contributed by atoms with E-state index in [1.165, 1.54) is 11.3 Å². The van der Waals surface area contributed by atoms with Crippen molar-refractivity contribution in [3.8, 4) is 10.6 Å². The van der Waals surface area contributed by atoms with E-state index in [4.69, 9.17) is 0 Å². The number of thiazole rings is 1. The Morgan fingerprint density at radius 2 is 1.85 bits per heavy atom. The normalized spacial score (nSPS) is 15.3. The number of aromatic nitrogens is 3. The highest BCUT2D eigenvalue weighted by atomic mass is 32.1. The molecule has 0 aliphatic carbocycles. The third-order valence-electron chi connectivity index (χ3n) is 6.36. The van der Waals surface area contributed by atoms with Crippen molar-refractivity contribution < 1.29 is 9.90 Å². The molecule has 34 heavy (non-hydrogen) atoms. The van der Waals surface area contributed by atoms with E-state index >= 15 is 0 Å². The van der Waals surface area contributed by atoms with Crippen molar-refractivity contribution in [3.63, 3.8) is 0 Å². The van der Waals surface area contributed by atoms with Crippen molar-refractivity contribution >= 4 is 22.9 Å². The molecule has 0 amide bonds. The summed E-state index contributed by atoms with van der Waals surface area (Å²) in [6.45, 7) is 3.33. The van der Waals surface area contributed by atoms with Crippen LogP contribution in [0.2, 0.25) is 0 Å². The number of rotatable bonds is 6. The van der Waals surface area contributed by atoms with Gasteiger partial charge in [0.1, 0.15) is 10.8 Å². The molecule has 172 valence electrons. The molecule has 0 saturated carbocycles. The fourth-order valence-electron chi connectivity index (χ4n) is 4.38. The maximum absolute atomic E-state index is 13.0. The van der Waals surface area contributed by atoms with Crippen LogP contribution in [0.4, 0.5) is 5.82 Å². The number of hydrogen-bond donors (Lipinski definition) is 1. The Morgan fingerprint density at radius 1 is 1.06 bits per heavy atom. The highest BCUT2D eigenvalue weighted by molar-refractivity contribution is 7.17. The molecule has 5 rings (SSSR count). The monoisotopic (exact) mass is 470 g/mol. The van der Waals surface area contributed by atoms with E-state index in [0.717, 1.165) is 46.3 Å². The number of benzene rings is 1. The summed E-state index contributed by atoms with van der Waals surface area (Å²) in [7, 11) is 0. The van der Waals surface area contributed by atoms with Crippen molar-refractivity contribution in [3.05, 3.63) is 94.9 Å². The first-order chi connectivity index (χ1) is 16.5. The minimum absolute atomic E-state index is 0.0468. The second kappa shape index (κ2) is 9.44. The molecule has 4 aromatic rings. The van der Waals surface area contributed by atoms with Crippen LogP contribution in [-0.2, 0) is 12.0 Å². The molecule has 1 aliphatic heterocycles. The lowest BCUT2D eigenvalue weighted by atomic mass is 9.84.